The van der Waals surface area contributed by atoms with Crippen molar-refractivity contribution in [3.05, 3.63) is 28.8 Å². The Morgan fingerprint density at radius 2 is 2.33 bits per heavy atom. The molecule has 1 aromatic carbocycles. The molecule has 0 radical (unpaired) electrons. The second-order valence-corrected chi connectivity index (χ2v) is 3.26. The molecule has 78 valence electrons. The van der Waals surface area contributed by atoms with Crippen molar-refractivity contribution < 1.29 is 9.90 Å². The van der Waals surface area contributed by atoms with Crippen LogP contribution in [0.5, 0.6) is 0 Å². The van der Waals surface area contributed by atoms with Gasteiger partial charge in [-0.3, -0.25) is 0 Å². The van der Waals surface area contributed by atoms with Crippen molar-refractivity contribution in [2.45, 2.75) is 6.42 Å². The van der Waals surface area contributed by atoms with Crippen LogP contribution in [-0.2, 0) is 0 Å². The zero-order chi connectivity index (χ0) is 11.3. The van der Waals surface area contributed by atoms with Gasteiger partial charge in [0, 0.05) is 13.0 Å². The van der Waals surface area contributed by atoms with Crippen LogP contribution in [0.4, 0.5) is 5.69 Å². The second kappa shape index (κ2) is 5.28. The summed E-state index contributed by atoms with van der Waals surface area (Å²) in [5.74, 6) is 1.41. The fourth-order valence-electron chi connectivity index (χ4n) is 1.16. The number of terminal acetylenes is 1. The van der Waals surface area contributed by atoms with Crippen molar-refractivity contribution in [1.29, 1.82) is 0 Å². The van der Waals surface area contributed by atoms with E-state index in [2.05, 4.69) is 11.2 Å². The fourth-order valence-corrected chi connectivity index (χ4v) is 1.41. The summed E-state index contributed by atoms with van der Waals surface area (Å²) < 4.78 is 0. The third kappa shape index (κ3) is 2.90. The number of hydrogen-bond donors (Lipinski definition) is 2. The van der Waals surface area contributed by atoms with E-state index in [1.54, 1.807) is 12.1 Å². The smallest absolute Gasteiger partial charge is 0.339 e. The molecule has 2 N–H and O–H groups in total. The van der Waals surface area contributed by atoms with Crippen LogP contribution in [0.2, 0.25) is 5.02 Å². The summed E-state index contributed by atoms with van der Waals surface area (Å²) in [5.41, 5.74) is 0.571. The molecule has 0 saturated heterocycles. The maximum absolute atomic E-state index is 10.9. The van der Waals surface area contributed by atoms with Crippen LogP contribution >= 0.6 is 11.6 Å². The Kier molecular flexibility index (Phi) is 4.02. The van der Waals surface area contributed by atoms with Crippen molar-refractivity contribution >= 4 is 23.3 Å². The average molecular weight is 224 g/mol. The van der Waals surface area contributed by atoms with Crippen molar-refractivity contribution in [3.63, 3.8) is 0 Å². The second-order valence-electron chi connectivity index (χ2n) is 2.85. The number of carboxylic acids is 1. The third-order valence-corrected chi connectivity index (χ3v) is 2.13. The normalized spacial score (nSPS) is 9.33. The number of carboxylic acid groups (broad SMARTS) is 1. The Hall–Kier alpha value is -1.66. The lowest BCUT2D eigenvalue weighted by Crippen LogP contribution is -2.07. The van der Waals surface area contributed by atoms with Gasteiger partial charge in [-0.25, -0.2) is 4.79 Å². The first-order valence-corrected chi connectivity index (χ1v) is 4.73. The van der Waals surface area contributed by atoms with Crippen LogP contribution in [0.1, 0.15) is 16.8 Å². The van der Waals surface area contributed by atoms with E-state index in [4.69, 9.17) is 23.1 Å². The predicted octanol–water partition coefficient (Wildman–Crippen LogP) is 2.47. The molecular weight excluding hydrogens is 214 g/mol. The zero-order valence-electron chi connectivity index (χ0n) is 7.96. The Labute approximate surface area is 93.1 Å². The molecule has 0 spiro atoms. The monoisotopic (exact) mass is 223 g/mol. The van der Waals surface area contributed by atoms with E-state index in [0.717, 1.165) is 0 Å². The summed E-state index contributed by atoms with van der Waals surface area (Å²) in [7, 11) is 0. The van der Waals surface area contributed by atoms with E-state index in [1.807, 2.05) is 0 Å². The predicted molar refractivity (Wildman–Crippen MR) is 60.4 cm³/mol. The lowest BCUT2D eigenvalue weighted by Gasteiger charge is -2.09. The number of nitrogens with one attached hydrogen (secondary N) is 1. The highest BCUT2D eigenvalue weighted by Gasteiger charge is 2.13. The lowest BCUT2D eigenvalue weighted by molar-refractivity contribution is 0.0698. The minimum Gasteiger partial charge on any atom is -0.478 e. The van der Waals surface area contributed by atoms with Gasteiger partial charge in [-0.05, 0) is 12.1 Å². The van der Waals surface area contributed by atoms with Crippen molar-refractivity contribution in [2.24, 2.45) is 0 Å². The van der Waals surface area contributed by atoms with Crippen LogP contribution < -0.4 is 5.32 Å². The number of anilines is 1. The molecule has 0 amide bonds. The molecule has 0 heterocycles. The molecule has 4 heteroatoms. The molecule has 0 unspecified atom stereocenters. The first-order chi connectivity index (χ1) is 7.16. The maximum Gasteiger partial charge on any atom is 0.339 e. The van der Waals surface area contributed by atoms with E-state index < -0.39 is 5.97 Å². The van der Waals surface area contributed by atoms with Gasteiger partial charge in [-0.2, -0.15) is 0 Å². The Morgan fingerprint density at radius 3 is 2.93 bits per heavy atom. The van der Waals surface area contributed by atoms with Crippen molar-refractivity contribution in [2.75, 3.05) is 11.9 Å². The SMILES string of the molecule is C#CCCNc1cccc(Cl)c1C(=O)O. The largest absolute Gasteiger partial charge is 0.478 e. The van der Waals surface area contributed by atoms with Crippen LogP contribution in [0.3, 0.4) is 0 Å². The molecule has 15 heavy (non-hydrogen) atoms. The van der Waals surface area contributed by atoms with Crippen LogP contribution in [0, 0.1) is 12.3 Å². The molecule has 1 rings (SSSR count). The number of hydrogen-bond acceptors (Lipinski definition) is 2. The van der Waals surface area contributed by atoms with E-state index in [-0.39, 0.29) is 10.6 Å². The molecule has 0 saturated carbocycles. The molecule has 0 bridgehead atoms. The number of aromatic carboxylic acids is 1. The van der Waals surface area contributed by atoms with Gasteiger partial charge in [0.2, 0.25) is 0 Å². The van der Waals surface area contributed by atoms with Gasteiger partial charge in [0.15, 0.2) is 0 Å². The molecule has 0 aliphatic rings. The summed E-state index contributed by atoms with van der Waals surface area (Å²) in [4.78, 5) is 10.9. The highest BCUT2D eigenvalue weighted by Crippen LogP contribution is 2.24. The molecule has 0 atom stereocenters. The molecule has 0 aromatic heterocycles. The van der Waals surface area contributed by atoms with Gasteiger partial charge in [0.05, 0.1) is 10.7 Å². The highest BCUT2D eigenvalue weighted by atomic mass is 35.5. The molecule has 3 nitrogen and oxygen atoms in total. The first kappa shape index (κ1) is 11.4. The Morgan fingerprint density at radius 1 is 1.60 bits per heavy atom. The van der Waals surface area contributed by atoms with Gasteiger partial charge < -0.3 is 10.4 Å². The first-order valence-electron chi connectivity index (χ1n) is 4.36. The minimum atomic E-state index is -1.05. The molecule has 1 aromatic rings. The van der Waals surface area contributed by atoms with E-state index in [9.17, 15) is 4.79 Å². The average Bonchev–Trinajstić information content (AvgIpc) is 2.17. The summed E-state index contributed by atoms with van der Waals surface area (Å²) in [6.45, 7) is 0.525. The van der Waals surface area contributed by atoms with Crippen molar-refractivity contribution in [1.82, 2.24) is 0 Å². The number of carbonyl (C=O) groups is 1. The number of halogens is 1. The van der Waals surface area contributed by atoms with Crippen LogP contribution in [0.25, 0.3) is 0 Å². The van der Waals surface area contributed by atoms with Gasteiger partial charge in [0.25, 0.3) is 0 Å². The summed E-state index contributed by atoms with van der Waals surface area (Å²) >= 11 is 5.78. The van der Waals surface area contributed by atoms with E-state index >= 15 is 0 Å². The molecular formula is C11H10ClNO2. The number of benzene rings is 1. The van der Waals surface area contributed by atoms with Gasteiger partial charge in [-0.1, -0.05) is 17.7 Å². The van der Waals surface area contributed by atoms with Crippen LogP contribution in [0.15, 0.2) is 18.2 Å². The standard InChI is InChI=1S/C11H10ClNO2/c1-2-3-7-13-9-6-4-5-8(12)10(9)11(14)15/h1,4-6,13H,3,7H2,(H,14,15). The summed E-state index contributed by atoms with van der Waals surface area (Å²) in [6.07, 6.45) is 5.62. The van der Waals surface area contributed by atoms with Gasteiger partial charge >= 0.3 is 5.97 Å². The quantitative estimate of drug-likeness (QED) is 0.609. The lowest BCUT2D eigenvalue weighted by atomic mass is 10.1. The summed E-state index contributed by atoms with van der Waals surface area (Å²) in [6, 6.07) is 4.89. The van der Waals surface area contributed by atoms with E-state index in [1.165, 1.54) is 6.07 Å². The van der Waals surface area contributed by atoms with Crippen molar-refractivity contribution in [3.8, 4) is 12.3 Å². The Bertz CT molecular complexity index is 410. The highest BCUT2D eigenvalue weighted by molar-refractivity contribution is 6.34. The number of rotatable bonds is 4. The topological polar surface area (TPSA) is 49.3 Å². The molecule has 0 aliphatic heterocycles. The Balaban J connectivity index is 2.92. The van der Waals surface area contributed by atoms with E-state index in [0.29, 0.717) is 18.7 Å². The fraction of sp³-hybridized carbons (Fsp3) is 0.182. The van der Waals surface area contributed by atoms with Crippen LogP contribution in [-0.4, -0.2) is 17.6 Å². The van der Waals surface area contributed by atoms with Gasteiger partial charge in [-0.15, -0.1) is 12.3 Å². The third-order valence-electron chi connectivity index (χ3n) is 1.81. The zero-order valence-corrected chi connectivity index (χ0v) is 8.71. The maximum atomic E-state index is 10.9. The molecule has 0 fully saturated rings. The summed E-state index contributed by atoms with van der Waals surface area (Å²) in [5, 5.41) is 12.1. The molecule has 0 aliphatic carbocycles. The minimum absolute atomic E-state index is 0.0798. The van der Waals surface area contributed by atoms with Gasteiger partial charge in [0.1, 0.15) is 5.56 Å².